The molecule has 1 aliphatic carbocycles. The molecule has 0 spiro atoms. The predicted molar refractivity (Wildman–Crippen MR) is 112 cm³/mol. The number of fused-ring (bicyclic) bond motifs is 2. The Labute approximate surface area is 182 Å². The molecule has 0 bridgehead atoms. The van der Waals surface area contributed by atoms with Crippen molar-refractivity contribution in [2.45, 2.75) is 30.9 Å². The molecule has 2 aliphatic heterocycles. The van der Waals surface area contributed by atoms with Crippen LogP contribution in [0.3, 0.4) is 0 Å². The Balaban J connectivity index is 1.33. The number of aromatic nitrogens is 3. The van der Waals surface area contributed by atoms with Crippen LogP contribution in [0.5, 0.6) is 0 Å². The highest BCUT2D eigenvalue weighted by Gasteiger charge is 2.64. The number of piperidine rings is 1. The Morgan fingerprint density at radius 3 is 2.88 bits per heavy atom. The molecule has 8 nitrogen and oxygen atoms in total. The van der Waals surface area contributed by atoms with E-state index < -0.39 is 23.3 Å². The maximum Gasteiger partial charge on any atom is 0.322 e. The average molecular weight is 440 g/mol. The summed E-state index contributed by atoms with van der Waals surface area (Å²) in [7, 11) is 0. The Kier molecular flexibility index (Phi) is 4.16. The van der Waals surface area contributed by atoms with Crippen molar-refractivity contribution in [3.63, 3.8) is 0 Å². The molecule has 6 rings (SSSR count). The molecule has 1 saturated carbocycles. The molecule has 4 heterocycles. The number of anilines is 2. The maximum absolute atomic E-state index is 14.7. The van der Waals surface area contributed by atoms with Crippen molar-refractivity contribution in [1.82, 2.24) is 19.5 Å². The number of hydrogen-bond acceptors (Lipinski definition) is 5. The van der Waals surface area contributed by atoms with Crippen molar-refractivity contribution < 1.29 is 18.7 Å². The van der Waals surface area contributed by atoms with Crippen molar-refractivity contribution in [3.05, 3.63) is 53.9 Å². The lowest BCUT2D eigenvalue weighted by molar-refractivity contribution is 0.176. The number of nitrogens with one attached hydrogen (secondary N) is 1. The summed E-state index contributed by atoms with van der Waals surface area (Å²) in [6.07, 6.45) is 4.96. The first-order valence-corrected chi connectivity index (χ1v) is 10.8. The van der Waals surface area contributed by atoms with Gasteiger partial charge in [-0.3, -0.25) is 0 Å². The van der Waals surface area contributed by atoms with Gasteiger partial charge < -0.3 is 20.2 Å². The monoisotopic (exact) mass is 440 g/mol. The van der Waals surface area contributed by atoms with Crippen LogP contribution in [0.4, 0.5) is 25.1 Å². The zero-order valence-corrected chi connectivity index (χ0v) is 17.2. The van der Waals surface area contributed by atoms with Gasteiger partial charge in [-0.25, -0.2) is 23.1 Å². The first-order valence-electron chi connectivity index (χ1n) is 10.8. The number of rotatable bonds is 3. The Morgan fingerprint density at radius 2 is 2.09 bits per heavy atom. The lowest BCUT2D eigenvalue weighted by Gasteiger charge is -2.30. The fourth-order valence-electron chi connectivity index (χ4n) is 5.31. The lowest BCUT2D eigenvalue weighted by atomic mass is 10.0. The molecule has 0 unspecified atom stereocenters. The van der Waals surface area contributed by atoms with E-state index in [0.717, 1.165) is 18.9 Å². The predicted octanol–water partition coefficient (Wildman–Crippen LogP) is 2.73. The van der Waals surface area contributed by atoms with Gasteiger partial charge in [0.1, 0.15) is 23.1 Å². The van der Waals surface area contributed by atoms with Gasteiger partial charge >= 0.3 is 6.03 Å². The standard InChI is InChI=1S/C22H22F2N6O2/c23-14-1-2-17(24)16(9-14)22-10-13(22)3-7-29(22)19-5-8-30-20(27-19)18(11-25-30)26-21(32)28-6-4-15(31)12-28/h1-2,5,8-9,11,13,15,31H,3-4,6-7,10,12H2,(H,26,32)/t13-,15-,22+/m0/s1. The third-order valence-electron chi connectivity index (χ3n) is 6.97. The van der Waals surface area contributed by atoms with Crippen LogP contribution in [0.1, 0.15) is 24.8 Å². The number of amides is 2. The van der Waals surface area contributed by atoms with Crippen LogP contribution in [0, 0.1) is 17.6 Å². The number of aliphatic hydroxyl groups is 1. The maximum atomic E-state index is 14.7. The normalized spacial score (nSPS) is 26.6. The molecule has 32 heavy (non-hydrogen) atoms. The van der Waals surface area contributed by atoms with E-state index in [4.69, 9.17) is 4.98 Å². The summed E-state index contributed by atoms with van der Waals surface area (Å²) in [5.74, 6) is 0.0211. The van der Waals surface area contributed by atoms with E-state index in [-0.39, 0.29) is 11.9 Å². The Bertz CT molecular complexity index is 1230. The summed E-state index contributed by atoms with van der Waals surface area (Å²) in [5, 5.41) is 16.8. The van der Waals surface area contributed by atoms with E-state index >= 15 is 0 Å². The molecule has 3 aliphatic rings. The van der Waals surface area contributed by atoms with Crippen LogP contribution >= 0.6 is 0 Å². The number of likely N-dealkylation sites (tertiary alicyclic amines) is 1. The number of benzene rings is 1. The van der Waals surface area contributed by atoms with E-state index in [9.17, 15) is 18.7 Å². The van der Waals surface area contributed by atoms with E-state index in [1.807, 2.05) is 11.0 Å². The molecule has 2 amide bonds. The van der Waals surface area contributed by atoms with Crippen LogP contribution in [0.25, 0.3) is 5.65 Å². The Hall–Kier alpha value is -3.27. The number of hydrogen-bond donors (Lipinski definition) is 2. The van der Waals surface area contributed by atoms with Crippen molar-refractivity contribution in [2.24, 2.45) is 5.92 Å². The van der Waals surface area contributed by atoms with E-state index in [1.165, 1.54) is 18.3 Å². The smallest absolute Gasteiger partial charge is 0.322 e. The van der Waals surface area contributed by atoms with Crippen LogP contribution in [-0.4, -0.2) is 56.4 Å². The van der Waals surface area contributed by atoms with Crippen molar-refractivity contribution in [3.8, 4) is 0 Å². The van der Waals surface area contributed by atoms with Crippen molar-refractivity contribution in [2.75, 3.05) is 29.9 Å². The second-order valence-electron chi connectivity index (χ2n) is 8.82. The number of urea groups is 1. The van der Waals surface area contributed by atoms with Crippen molar-refractivity contribution >= 4 is 23.2 Å². The molecule has 1 aromatic carbocycles. The van der Waals surface area contributed by atoms with Crippen LogP contribution in [-0.2, 0) is 5.54 Å². The summed E-state index contributed by atoms with van der Waals surface area (Å²) in [6, 6.07) is 5.10. The summed E-state index contributed by atoms with van der Waals surface area (Å²) >= 11 is 0. The van der Waals surface area contributed by atoms with Crippen LogP contribution in [0.2, 0.25) is 0 Å². The highest BCUT2D eigenvalue weighted by molar-refractivity contribution is 5.93. The first-order chi connectivity index (χ1) is 15.5. The van der Waals surface area contributed by atoms with Gasteiger partial charge in [0.15, 0.2) is 5.65 Å². The molecule has 2 aromatic heterocycles. The number of nitrogens with zero attached hydrogens (tertiary/aromatic N) is 5. The zero-order valence-electron chi connectivity index (χ0n) is 17.2. The lowest BCUT2D eigenvalue weighted by Crippen LogP contribution is -2.34. The summed E-state index contributed by atoms with van der Waals surface area (Å²) in [4.78, 5) is 20.9. The molecule has 0 radical (unpaired) electrons. The van der Waals surface area contributed by atoms with E-state index in [0.29, 0.717) is 48.8 Å². The molecule has 3 fully saturated rings. The molecule has 3 atom stereocenters. The zero-order chi connectivity index (χ0) is 22.0. The minimum absolute atomic E-state index is 0.252. The fourth-order valence-corrected chi connectivity index (χ4v) is 5.31. The molecule has 2 saturated heterocycles. The summed E-state index contributed by atoms with van der Waals surface area (Å²) in [5.41, 5.74) is 0.703. The number of carbonyl (C=O) groups is 1. The third-order valence-corrected chi connectivity index (χ3v) is 6.97. The van der Waals surface area contributed by atoms with Crippen molar-refractivity contribution in [1.29, 1.82) is 0 Å². The van der Waals surface area contributed by atoms with Gasteiger partial charge in [-0.1, -0.05) is 0 Å². The van der Waals surface area contributed by atoms with Gasteiger partial charge in [0.05, 0.1) is 17.8 Å². The number of carbonyl (C=O) groups excluding carboxylic acids is 1. The number of β-amino-alcohol motifs (C(OH)–C–C–N with tert-alkyl or cyclic N) is 1. The highest BCUT2D eigenvalue weighted by atomic mass is 19.1. The van der Waals surface area contributed by atoms with Crippen LogP contribution < -0.4 is 10.2 Å². The molecule has 10 heteroatoms. The van der Waals surface area contributed by atoms with Gasteiger partial charge in [0.25, 0.3) is 0 Å². The fraction of sp³-hybridized carbons (Fsp3) is 0.409. The molecular formula is C22H22F2N6O2. The SMILES string of the molecule is O=C(Nc1cnn2ccc(N3CC[C@H]4C[C@]43c3cc(F)ccc3F)nc12)N1CC[C@H](O)C1. The average Bonchev–Trinajstić information content (AvgIpc) is 3.10. The highest BCUT2D eigenvalue weighted by Crippen LogP contribution is 2.63. The third kappa shape index (κ3) is 2.85. The minimum Gasteiger partial charge on any atom is -0.391 e. The number of aliphatic hydroxyl groups excluding tert-OH is 1. The topological polar surface area (TPSA) is 86.0 Å². The van der Waals surface area contributed by atoms with Gasteiger partial charge in [-0.15, -0.1) is 0 Å². The second kappa shape index (κ2) is 6.86. The van der Waals surface area contributed by atoms with Crippen LogP contribution in [0.15, 0.2) is 36.7 Å². The van der Waals surface area contributed by atoms with Gasteiger partial charge in [-0.05, 0) is 49.4 Å². The van der Waals surface area contributed by atoms with Gasteiger partial charge in [0, 0.05) is 31.4 Å². The largest absolute Gasteiger partial charge is 0.391 e. The first kappa shape index (κ1) is 19.4. The quantitative estimate of drug-likeness (QED) is 0.654. The second-order valence-corrected chi connectivity index (χ2v) is 8.82. The van der Waals surface area contributed by atoms with E-state index in [1.54, 1.807) is 15.6 Å². The molecule has 3 aromatic rings. The molecule has 166 valence electrons. The molecule has 2 N–H and O–H groups in total. The number of halogens is 2. The van der Waals surface area contributed by atoms with E-state index in [2.05, 4.69) is 10.4 Å². The Morgan fingerprint density at radius 1 is 1.22 bits per heavy atom. The summed E-state index contributed by atoms with van der Waals surface area (Å²) in [6.45, 7) is 1.47. The minimum atomic E-state index is -0.591. The summed E-state index contributed by atoms with van der Waals surface area (Å²) < 4.78 is 30.2. The van der Waals surface area contributed by atoms with Gasteiger partial charge in [-0.2, -0.15) is 5.10 Å². The molecular weight excluding hydrogens is 418 g/mol. The van der Waals surface area contributed by atoms with Gasteiger partial charge in [0.2, 0.25) is 0 Å².